The van der Waals surface area contributed by atoms with Crippen LogP contribution in [-0.2, 0) is 6.54 Å². The van der Waals surface area contributed by atoms with Gasteiger partial charge in [-0.3, -0.25) is 9.69 Å². The number of amides is 1. The first-order valence-corrected chi connectivity index (χ1v) is 8.10. The molecule has 7 nitrogen and oxygen atoms in total. The van der Waals surface area contributed by atoms with E-state index in [4.69, 9.17) is 4.52 Å². The average molecular weight is 329 g/mol. The van der Waals surface area contributed by atoms with E-state index in [2.05, 4.69) is 15.0 Å². The summed E-state index contributed by atoms with van der Waals surface area (Å²) in [5, 5.41) is 4.02. The van der Waals surface area contributed by atoms with Gasteiger partial charge in [0.15, 0.2) is 0 Å². The molecule has 0 aromatic carbocycles. The number of hydrogen-bond donors (Lipinski definition) is 0. The maximum absolute atomic E-state index is 12.6. The molecule has 1 amide bonds. The lowest BCUT2D eigenvalue weighted by atomic mass is 10.2. The summed E-state index contributed by atoms with van der Waals surface area (Å²) in [6.45, 7) is 5.75. The summed E-state index contributed by atoms with van der Waals surface area (Å²) in [6, 6.07) is 5.67. The Morgan fingerprint density at radius 2 is 2.00 bits per heavy atom. The number of aromatic nitrogens is 2. The second-order valence-electron chi connectivity index (χ2n) is 6.30. The third-order valence-electron chi connectivity index (χ3n) is 4.17. The first kappa shape index (κ1) is 16.4. The Bertz CT molecular complexity index is 687. The largest absolute Gasteiger partial charge is 0.363 e. The van der Waals surface area contributed by atoms with Crippen molar-refractivity contribution >= 4 is 11.7 Å². The minimum atomic E-state index is 0.0461. The highest BCUT2D eigenvalue weighted by Crippen LogP contribution is 2.13. The van der Waals surface area contributed by atoms with E-state index in [0.29, 0.717) is 18.7 Å². The van der Waals surface area contributed by atoms with E-state index in [1.165, 1.54) is 0 Å². The second kappa shape index (κ2) is 7.00. The molecule has 1 aliphatic rings. The number of carbonyl (C=O) groups excluding carboxylic acids is 1. The Balaban J connectivity index is 1.54. The monoisotopic (exact) mass is 329 g/mol. The van der Waals surface area contributed by atoms with E-state index in [1.54, 1.807) is 6.20 Å². The molecular weight excluding hydrogens is 306 g/mol. The topological polar surface area (TPSA) is 65.7 Å². The van der Waals surface area contributed by atoms with Crippen LogP contribution in [0.3, 0.4) is 0 Å². The van der Waals surface area contributed by atoms with Gasteiger partial charge in [0, 0.05) is 59.1 Å². The average Bonchev–Trinajstić information content (AvgIpc) is 3.00. The van der Waals surface area contributed by atoms with Crippen LogP contribution in [-0.4, -0.2) is 66.1 Å². The second-order valence-corrected chi connectivity index (χ2v) is 6.30. The third-order valence-corrected chi connectivity index (χ3v) is 4.17. The molecule has 2 aromatic heterocycles. The van der Waals surface area contributed by atoms with Crippen LogP contribution in [0.1, 0.15) is 21.8 Å². The summed E-state index contributed by atoms with van der Waals surface area (Å²) in [7, 11) is 3.86. The van der Waals surface area contributed by atoms with Gasteiger partial charge >= 0.3 is 0 Å². The molecule has 3 rings (SSSR count). The minimum Gasteiger partial charge on any atom is -0.363 e. The third kappa shape index (κ3) is 3.73. The van der Waals surface area contributed by atoms with Gasteiger partial charge in [0.1, 0.15) is 11.6 Å². The van der Waals surface area contributed by atoms with Crippen molar-refractivity contribution < 1.29 is 9.32 Å². The predicted molar refractivity (Wildman–Crippen MR) is 91.0 cm³/mol. The maximum Gasteiger partial charge on any atom is 0.255 e. The van der Waals surface area contributed by atoms with Crippen molar-refractivity contribution in [2.24, 2.45) is 0 Å². The number of anilines is 1. The number of hydrogen-bond acceptors (Lipinski definition) is 6. The molecule has 0 saturated carbocycles. The maximum atomic E-state index is 12.6. The van der Waals surface area contributed by atoms with Gasteiger partial charge in [-0.25, -0.2) is 4.98 Å². The summed E-state index contributed by atoms with van der Waals surface area (Å²) < 4.78 is 5.10. The van der Waals surface area contributed by atoms with Gasteiger partial charge in [-0.1, -0.05) is 5.16 Å². The van der Waals surface area contributed by atoms with E-state index in [1.807, 2.05) is 49.0 Å². The lowest BCUT2D eigenvalue weighted by Crippen LogP contribution is -2.48. The highest BCUT2D eigenvalue weighted by atomic mass is 16.5. The fraction of sp³-hybridized carbons (Fsp3) is 0.471. The smallest absolute Gasteiger partial charge is 0.255 e. The number of aryl methyl sites for hydroxylation is 1. The van der Waals surface area contributed by atoms with Crippen molar-refractivity contribution in [3.05, 3.63) is 41.4 Å². The van der Waals surface area contributed by atoms with Gasteiger partial charge in [0.2, 0.25) is 0 Å². The van der Waals surface area contributed by atoms with E-state index in [9.17, 15) is 4.79 Å². The zero-order valence-electron chi connectivity index (χ0n) is 14.4. The van der Waals surface area contributed by atoms with Crippen LogP contribution in [0.2, 0.25) is 0 Å². The number of piperazine rings is 1. The van der Waals surface area contributed by atoms with Gasteiger partial charge in [0.05, 0.1) is 11.3 Å². The summed E-state index contributed by atoms with van der Waals surface area (Å²) in [6.07, 6.45) is 1.65. The number of nitrogens with zero attached hydrogens (tertiary/aromatic N) is 5. The Morgan fingerprint density at radius 3 is 2.54 bits per heavy atom. The summed E-state index contributed by atoms with van der Waals surface area (Å²) in [5.41, 5.74) is 1.58. The lowest BCUT2D eigenvalue weighted by molar-refractivity contribution is 0.0625. The molecule has 7 heteroatoms. The van der Waals surface area contributed by atoms with Crippen molar-refractivity contribution in [2.45, 2.75) is 13.5 Å². The molecule has 1 saturated heterocycles. The standard InChI is InChI=1S/C17H23N5O2/c1-13-10-15(19-24-13)12-21-6-8-22(9-7-21)17(23)14-4-5-16(18-11-14)20(2)3/h4-5,10-11H,6-9,12H2,1-3H3. The van der Waals surface area contributed by atoms with Crippen molar-refractivity contribution in [2.75, 3.05) is 45.2 Å². The van der Waals surface area contributed by atoms with E-state index in [-0.39, 0.29) is 5.91 Å². The van der Waals surface area contributed by atoms with Gasteiger partial charge in [-0.2, -0.15) is 0 Å². The van der Waals surface area contributed by atoms with Crippen LogP contribution in [0.4, 0.5) is 5.82 Å². The molecule has 0 aliphatic carbocycles. The molecule has 128 valence electrons. The Hall–Kier alpha value is -2.41. The van der Waals surface area contributed by atoms with Crippen LogP contribution in [0, 0.1) is 6.92 Å². The van der Waals surface area contributed by atoms with Gasteiger partial charge in [-0.15, -0.1) is 0 Å². The molecular formula is C17H23N5O2. The van der Waals surface area contributed by atoms with Crippen LogP contribution in [0.15, 0.2) is 28.9 Å². The minimum absolute atomic E-state index is 0.0461. The van der Waals surface area contributed by atoms with E-state index >= 15 is 0 Å². The van der Waals surface area contributed by atoms with E-state index in [0.717, 1.165) is 36.9 Å². The normalized spacial score (nSPS) is 15.5. The molecule has 3 heterocycles. The van der Waals surface area contributed by atoms with Crippen molar-refractivity contribution in [1.29, 1.82) is 0 Å². The lowest BCUT2D eigenvalue weighted by Gasteiger charge is -2.34. The molecule has 0 bridgehead atoms. The number of carbonyl (C=O) groups is 1. The molecule has 0 N–H and O–H groups in total. The predicted octanol–water partition coefficient (Wildman–Crippen LogP) is 1.40. The zero-order chi connectivity index (χ0) is 17.1. The molecule has 0 unspecified atom stereocenters. The van der Waals surface area contributed by atoms with Crippen LogP contribution in [0.25, 0.3) is 0 Å². The fourth-order valence-corrected chi connectivity index (χ4v) is 2.79. The molecule has 1 fully saturated rings. The molecule has 2 aromatic rings. The quantitative estimate of drug-likeness (QED) is 0.845. The number of pyridine rings is 1. The van der Waals surface area contributed by atoms with Gasteiger partial charge < -0.3 is 14.3 Å². The first-order valence-electron chi connectivity index (χ1n) is 8.10. The molecule has 1 aliphatic heterocycles. The summed E-state index contributed by atoms with van der Waals surface area (Å²) in [4.78, 5) is 23.0. The van der Waals surface area contributed by atoms with Crippen molar-refractivity contribution in [1.82, 2.24) is 19.9 Å². The van der Waals surface area contributed by atoms with E-state index < -0.39 is 0 Å². The summed E-state index contributed by atoms with van der Waals surface area (Å²) in [5.74, 6) is 1.72. The van der Waals surface area contributed by atoms with Crippen LogP contribution >= 0.6 is 0 Å². The molecule has 24 heavy (non-hydrogen) atoms. The van der Waals surface area contributed by atoms with Gasteiger partial charge in [0.25, 0.3) is 5.91 Å². The Labute approximate surface area is 141 Å². The van der Waals surface area contributed by atoms with Crippen molar-refractivity contribution in [3.8, 4) is 0 Å². The Kier molecular flexibility index (Phi) is 4.80. The molecule has 0 spiro atoms. The van der Waals surface area contributed by atoms with Gasteiger partial charge in [-0.05, 0) is 19.1 Å². The highest BCUT2D eigenvalue weighted by molar-refractivity contribution is 5.94. The highest BCUT2D eigenvalue weighted by Gasteiger charge is 2.23. The Morgan fingerprint density at radius 1 is 1.25 bits per heavy atom. The summed E-state index contributed by atoms with van der Waals surface area (Å²) >= 11 is 0. The van der Waals surface area contributed by atoms with Crippen molar-refractivity contribution in [3.63, 3.8) is 0 Å². The molecule has 0 radical (unpaired) electrons. The van der Waals surface area contributed by atoms with Crippen LogP contribution < -0.4 is 4.90 Å². The SMILES string of the molecule is Cc1cc(CN2CCN(C(=O)c3ccc(N(C)C)nc3)CC2)no1. The first-order chi connectivity index (χ1) is 11.5. The zero-order valence-corrected chi connectivity index (χ0v) is 14.4. The van der Waals surface area contributed by atoms with Crippen LogP contribution in [0.5, 0.6) is 0 Å². The fourth-order valence-electron chi connectivity index (χ4n) is 2.79. The number of rotatable bonds is 4. The molecule has 0 atom stereocenters.